The molecule has 1 aliphatic carbocycles. The summed E-state index contributed by atoms with van der Waals surface area (Å²) in [6.07, 6.45) is 3.57. The lowest BCUT2D eigenvalue weighted by molar-refractivity contribution is -0.118. The third-order valence-electron chi connectivity index (χ3n) is 2.91. The molecule has 15 heavy (non-hydrogen) atoms. The van der Waals surface area contributed by atoms with Crippen LogP contribution in [0.3, 0.4) is 0 Å². The molecule has 2 rings (SSSR count). The Bertz CT molecular complexity index is 380. The monoisotopic (exact) mass is 206 g/mol. The number of carbonyl (C=O) groups excluding carboxylic acids is 1. The summed E-state index contributed by atoms with van der Waals surface area (Å²) in [7, 11) is 0. The van der Waals surface area contributed by atoms with Crippen LogP contribution >= 0.6 is 0 Å². The minimum Gasteiger partial charge on any atom is -0.299 e. The van der Waals surface area contributed by atoms with Gasteiger partial charge in [0.15, 0.2) is 0 Å². The van der Waals surface area contributed by atoms with Gasteiger partial charge in [0.2, 0.25) is 0 Å². The van der Waals surface area contributed by atoms with E-state index in [1.807, 2.05) is 6.92 Å². The topological polar surface area (TPSA) is 17.1 Å². The number of Topliss-reactive ketones (excluding diaryl/α,β-unsaturated/α-hetero) is 1. The standard InChI is InChI=1S/C13H15FO/c1-9-6-12(14)5-4-11(9)8-13(15)7-10-2-3-10/h4-6,10H,2-3,7-8H2,1H3. The molecule has 1 saturated carbocycles. The fourth-order valence-corrected chi connectivity index (χ4v) is 1.79. The summed E-state index contributed by atoms with van der Waals surface area (Å²) >= 11 is 0. The van der Waals surface area contributed by atoms with Gasteiger partial charge in [0.05, 0.1) is 0 Å². The summed E-state index contributed by atoms with van der Waals surface area (Å²) in [5.74, 6) is 0.691. The molecule has 0 N–H and O–H groups in total. The fraction of sp³-hybridized carbons (Fsp3) is 0.462. The number of aryl methyl sites for hydroxylation is 1. The van der Waals surface area contributed by atoms with E-state index in [0.717, 1.165) is 11.1 Å². The second-order valence-corrected chi connectivity index (χ2v) is 4.43. The summed E-state index contributed by atoms with van der Waals surface area (Å²) < 4.78 is 12.8. The van der Waals surface area contributed by atoms with E-state index in [0.29, 0.717) is 18.8 Å². The highest BCUT2D eigenvalue weighted by molar-refractivity contribution is 5.81. The van der Waals surface area contributed by atoms with Gasteiger partial charge in [-0.05, 0) is 48.9 Å². The van der Waals surface area contributed by atoms with Crippen LogP contribution in [0.5, 0.6) is 0 Å². The molecule has 1 nitrogen and oxygen atoms in total. The molecule has 0 unspecified atom stereocenters. The van der Waals surface area contributed by atoms with Crippen LogP contribution in [-0.2, 0) is 11.2 Å². The lowest BCUT2D eigenvalue weighted by Gasteiger charge is -2.04. The van der Waals surface area contributed by atoms with Crippen LogP contribution < -0.4 is 0 Å². The van der Waals surface area contributed by atoms with E-state index < -0.39 is 0 Å². The second kappa shape index (κ2) is 4.13. The number of hydrogen-bond acceptors (Lipinski definition) is 1. The largest absolute Gasteiger partial charge is 0.299 e. The van der Waals surface area contributed by atoms with Gasteiger partial charge in [-0.1, -0.05) is 6.07 Å². The molecule has 80 valence electrons. The van der Waals surface area contributed by atoms with E-state index in [2.05, 4.69) is 0 Å². The van der Waals surface area contributed by atoms with E-state index in [1.165, 1.54) is 25.0 Å². The first-order valence-electron chi connectivity index (χ1n) is 5.42. The van der Waals surface area contributed by atoms with Crippen LogP contribution in [0.1, 0.15) is 30.4 Å². The van der Waals surface area contributed by atoms with Gasteiger partial charge in [0, 0.05) is 12.8 Å². The number of carbonyl (C=O) groups is 1. The predicted octanol–water partition coefficient (Wildman–Crippen LogP) is 3.05. The summed E-state index contributed by atoms with van der Waals surface area (Å²) in [5.41, 5.74) is 1.83. The molecule has 0 aliphatic heterocycles. The van der Waals surface area contributed by atoms with E-state index in [9.17, 15) is 9.18 Å². The molecule has 0 spiro atoms. The van der Waals surface area contributed by atoms with E-state index in [-0.39, 0.29) is 11.6 Å². The van der Waals surface area contributed by atoms with Crippen molar-refractivity contribution in [2.75, 3.05) is 0 Å². The Hall–Kier alpha value is -1.18. The van der Waals surface area contributed by atoms with Crippen molar-refractivity contribution in [2.45, 2.75) is 32.6 Å². The molecule has 2 heteroatoms. The molecule has 0 atom stereocenters. The first-order valence-corrected chi connectivity index (χ1v) is 5.42. The average molecular weight is 206 g/mol. The lowest BCUT2D eigenvalue weighted by atomic mass is 10.0. The summed E-state index contributed by atoms with van der Waals surface area (Å²) in [4.78, 5) is 11.6. The molecule has 0 radical (unpaired) electrons. The average Bonchev–Trinajstić information content (AvgIpc) is 2.94. The van der Waals surface area contributed by atoms with Gasteiger partial charge in [-0.15, -0.1) is 0 Å². The van der Waals surface area contributed by atoms with Gasteiger partial charge in [-0.2, -0.15) is 0 Å². The van der Waals surface area contributed by atoms with Crippen molar-refractivity contribution < 1.29 is 9.18 Å². The third kappa shape index (κ3) is 2.88. The predicted molar refractivity (Wildman–Crippen MR) is 57.2 cm³/mol. The highest BCUT2D eigenvalue weighted by Gasteiger charge is 2.24. The SMILES string of the molecule is Cc1cc(F)ccc1CC(=O)CC1CC1. The number of ketones is 1. The van der Waals surface area contributed by atoms with Crippen molar-refractivity contribution >= 4 is 5.78 Å². The third-order valence-corrected chi connectivity index (χ3v) is 2.91. The number of hydrogen-bond donors (Lipinski definition) is 0. The fourth-order valence-electron chi connectivity index (χ4n) is 1.79. The Balaban J connectivity index is 1.99. The van der Waals surface area contributed by atoms with Crippen LogP contribution in [0.15, 0.2) is 18.2 Å². The molecule has 1 aromatic rings. The minimum absolute atomic E-state index is 0.231. The molecule has 0 amide bonds. The van der Waals surface area contributed by atoms with Crippen LogP contribution in [0.25, 0.3) is 0 Å². The van der Waals surface area contributed by atoms with Gasteiger partial charge in [-0.25, -0.2) is 4.39 Å². The Morgan fingerprint density at radius 2 is 2.20 bits per heavy atom. The quantitative estimate of drug-likeness (QED) is 0.740. The highest BCUT2D eigenvalue weighted by atomic mass is 19.1. The van der Waals surface area contributed by atoms with Gasteiger partial charge >= 0.3 is 0 Å². The Kier molecular flexibility index (Phi) is 2.85. The van der Waals surface area contributed by atoms with Crippen molar-refractivity contribution in [2.24, 2.45) is 5.92 Å². The van der Waals surface area contributed by atoms with Gasteiger partial charge < -0.3 is 0 Å². The molecule has 0 saturated heterocycles. The smallest absolute Gasteiger partial charge is 0.137 e. The van der Waals surface area contributed by atoms with Crippen molar-refractivity contribution in [1.29, 1.82) is 0 Å². The van der Waals surface area contributed by atoms with E-state index in [1.54, 1.807) is 6.07 Å². The molecule has 0 bridgehead atoms. The van der Waals surface area contributed by atoms with Crippen LogP contribution in [0, 0.1) is 18.7 Å². The van der Waals surface area contributed by atoms with Crippen molar-refractivity contribution in [3.05, 3.63) is 35.1 Å². The zero-order chi connectivity index (χ0) is 10.8. The minimum atomic E-state index is -0.231. The van der Waals surface area contributed by atoms with Crippen molar-refractivity contribution in [3.63, 3.8) is 0 Å². The van der Waals surface area contributed by atoms with Crippen LogP contribution in [-0.4, -0.2) is 5.78 Å². The molecule has 1 aromatic carbocycles. The van der Waals surface area contributed by atoms with Crippen LogP contribution in [0.4, 0.5) is 4.39 Å². The van der Waals surface area contributed by atoms with E-state index in [4.69, 9.17) is 0 Å². The Morgan fingerprint density at radius 1 is 1.47 bits per heavy atom. The number of rotatable bonds is 4. The molecular weight excluding hydrogens is 191 g/mol. The van der Waals surface area contributed by atoms with Crippen LogP contribution in [0.2, 0.25) is 0 Å². The molecule has 1 fully saturated rings. The molecule has 1 aliphatic rings. The first-order chi connectivity index (χ1) is 7.15. The zero-order valence-electron chi connectivity index (χ0n) is 8.92. The van der Waals surface area contributed by atoms with Crippen molar-refractivity contribution in [3.8, 4) is 0 Å². The molecular formula is C13H15FO. The summed E-state index contributed by atoms with van der Waals surface area (Å²) in [5, 5.41) is 0. The Morgan fingerprint density at radius 3 is 2.80 bits per heavy atom. The lowest BCUT2D eigenvalue weighted by Crippen LogP contribution is -2.05. The maximum atomic E-state index is 12.8. The van der Waals surface area contributed by atoms with Crippen molar-refractivity contribution in [1.82, 2.24) is 0 Å². The highest BCUT2D eigenvalue weighted by Crippen LogP contribution is 2.32. The Labute approximate surface area is 89.3 Å². The molecule has 0 aromatic heterocycles. The number of halogens is 1. The number of benzene rings is 1. The van der Waals surface area contributed by atoms with Gasteiger partial charge in [0.1, 0.15) is 11.6 Å². The van der Waals surface area contributed by atoms with E-state index >= 15 is 0 Å². The zero-order valence-corrected chi connectivity index (χ0v) is 8.92. The second-order valence-electron chi connectivity index (χ2n) is 4.43. The first kappa shape index (κ1) is 10.3. The summed E-state index contributed by atoms with van der Waals surface area (Å²) in [6, 6.07) is 4.63. The van der Waals surface area contributed by atoms with Gasteiger partial charge in [0.25, 0.3) is 0 Å². The molecule has 0 heterocycles. The normalized spacial score (nSPS) is 15.3. The summed E-state index contributed by atoms with van der Waals surface area (Å²) in [6.45, 7) is 1.85. The maximum absolute atomic E-state index is 12.8. The maximum Gasteiger partial charge on any atom is 0.137 e. The van der Waals surface area contributed by atoms with Gasteiger partial charge in [-0.3, -0.25) is 4.79 Å².